The van der Waals surface area contributed by atoms with Gasteiger partial charge in [0.1, 0.15) is 27.7 Å². The largest absolute Gasteiger partial charge is 0.465 e. The van der Waals surface area contributed by atoms with E-state index in [1.54, 1.807) is 18.2 Å². The number of ether oxygens (including phenoxy) is 2. The van der Waals surface area contributed by atoms with Crippen LogP contribution >= 0.6 is 11.8 Å². The van der Waals surface area contributed by atoms with Gasteiger partial charge in [0.25, 0.3) is 15.3 Å². The number of sulfonamides is 1. The summed E-state index contributed by atoms with van der Waals surface area (Å²) in [5.41, 5.74) is 3.57. The highest BCUT2D eigenvalue weighted by Crippen LogP contribution is 2.37. The molecule has 0 saturated carbocycles. The molecule has 0 radical (unpaired) electrons. The summed E-state index contributed by atoms with van der Waals surface area (Å²) in [5.74, 6) is 0.162. The van der Waals surface area contributed by atoms with E-state index in [0.717, 1.165) is 28.5 Å². The van der Waals surface area contributed by atoms with Gasteiger partial charge in [-0.05, 0) is 41.1 Å². The summed E-state index contributed by atoms with van der Waals surface area (Å²) in [6.07, 6.45) is 0. The highest BCUT2D eigenvalue weighted by atomic mass is 32.3. The van der Waals surface area contributed by atoms with E-state index >= 15 is 0 Å². The van der Waals surface area contributed by atoms with Gasteiger partial charge < -0.3 is 13.9 Å². The molecule has 166 valence electrons. The number of esters is 1. The molecule has 33 heavy (non-hydrogen) atoms. The topological polar surface area (TPSA) is 95.2 Å². The van der Waals surface area contributed by atoms with Crippen LogP contribution in [0, 0.1) is 0 Å². The number of hydrogen-bond acceptors (Lipinski definition) is 7. The summed E-state index contributed by atoms with van der Waals surface area (Å²) in [6, 6.07) is 22.6. The maximum Gasteiger partial charge on any atom is 0.342 e. The van der Waals surface area contributed by atoms with Crippen molar-refractivity contribution >= 4 is 44.0 Å². The molecule has 1 aliphatic rings. The number of thioether (sulfide) groups is 1. The van der Waals surface area contributed by atoms with Gasteiger partial charge in [0.15, 0.2) is 0 Å². The van der Waals surface area contributed by atoms with Gasteiger partial charge in [-0.2, -0.15) is 0 Å². The van der Waals surface area contributed by atoms with Gasteiger partial charge in [0.05, 0.1) is 7.11 Å². The summed E-state index contributed by atoms with van der Waals surface area (Å²) in [6.45, 7) is 0. The molecule has 5 rings (SSSR count). The van der Waals surface area contributed by atoms with Crippen LogP contribution in [0.3, 0.4) is 0 Å². The molecule has 2 heterocycles. The van der Waals surface area contributed by atoms with Crippen LogP contribution in [0.15, 0.2) is 81.6 Å². The van der Waals surface area contributed by atoms with Crippen LogP contribution in [0.2, 0.25) is 0 Å². The average Bonchev–Trinajstić information content (AvgIpc) is 3.38. The first-order valence-electron chi connectivity index (χ1n) is 9.87. The van der Waals surface area contributed by atoms with E-state index in [1.807, 2.05) is 54.6 Å². The molecule has 0 bridgehead atoms. The van der Waals surface area contributed by atoms with E-state index in [-0.39, 0.29) is 15.9 Å². The van der Waals surface area contributed by atoms with Crippen molar-refractivity contribution in [3.05, 3.63) is 78.4 Å². The minimum atomic E-state index is -3.51. The van der Waals surface area contributed by atoms with E-state index < -0.39 is 16.0 Å². The molecular weight excluding hydrogens is 462 g/mol. The van der Waals surface area contributed by atoms with Crippen molar-refractivity contribution in [2.24, 2.45) is 4.40 Å². The van der Waals surface area contributed by atoms with Gasteiger partial charge in [0.2, 0.25) is 0 Å². The Labute approximate surface area is 194 Å². The maximum atomic E-state index is 12.7. The maximum absolute atomic E-state index is 12.7. The van der Waals surface area contributed by atoms with Crippen LogP contribution in [0.1, 0.15) is 10.4 Å². The summed E-state index contributed by atoms with van der Waals surface area (Å²) in [7, 11) is -2.20. The normalized spacial score (nSPS) is 14.8. The Hall–Kier alpha value is -3.56. The van der Waals surface area contributed by atoms with Crippen molar-refractivity contribution < 1.29 is 27.1 Å². The zero-order chi connectivity index (χ0) is 23.0. The lowest BCUT2D eigenvalue weighted by molar-refractivity contribution is 0.0603. The predicted octanol–water partition coefficient (Wildman–Crippen LogP) is 5.32. The molecule has 0 fully saturated rings. The van der Waals surface area contributed by atoms with Gasteiger partial charge in [0, 0.05) is 10.9 Å². The number of carbonyl (C=O) groups excluding carboxylic acids is 1. The minimum Gasteiger partial charge on any atom is -0.465 e. The Kier molecular flexibility index (Phi) is 5.43. The van der Waals surface area contributed by atoms with E-state index in [2.05, 4.69) is 4.40 Å². The highest BCUT2D eigenvalue weighted by molar-refractivity contribution is 8.24. The summed E-state index contributed by atoms with van der Waals surface area (Å²) in [4.78, 5) is 12.7. The van der Waals surface area contributed by atoms with Gasteiger partial charge in [-0.25, -0.2) is 13.2 Å². The Morgan fingerprint density at radius 2 is 1.67 bits per heavy atom. The van der Waals surface area contributed by atoms with E-state index in [1.165, 1.54) is 7.11 Å². The third-order valence-corrected chi connectivity index (χ3v) is 7.70. The fraction of sp³-hybridized carbons (Fsp3) is 0.0833. The molecule has 1 aliphatic heterocycles. The monoisotopic (exact) mass is 479 g/mol. The molecule has 9 heteroatoms. The highest BCUT2D eigenvalue weighted by Gasteiger charge is 2.25. The predicted molar refractivity (Wildman–Crippen MR) is 128 cm³/mol. The van der Waals surface area contributed by atoms with Crippen LogP contribution in [0.25, 0.3) is 33.4 Å². The second-order valence-corrected chi connectivity index (χ2v) is 10.1. The number of fused-ring (bicyclic) bond motifs is 1. The van der Waals surface area contributed by atoms with Crippen molar-refractivity contribution in [3.8, 4) is 28.2 Å². The second-order valence-electron chi connectivity index (χ2n) is 7.20. The molecule has 1 aromatic heterocycles. The molecule has 0 aliphatic carbocycles. The fourth-order valence-electron chi connectivity index (χ4n) is 3.53. The van der Waals surface area contributed by atoms with Crippen LogP contribution in [0.4, 0.5) is 0 Å². The van der Waals surface area contributed by atoms with Crippen LogP contribution in [0.5, 0.6) is 5.75 Å². The second kappa shape index (κ2) is 8.42. The van der Waals surface area contributed by atoms with Gasteiger partial charge in [-0.15, -0.1) is 4.40 Å². The Morgan fingerprint density at radius 1 is 0.970 bits per heavy atom. The first kappa shape index (κ1) is 21.3. The molecule has 0 N–H and O–H groups in total. The number of nitrogens with zero attached hydrogens (tertiary/aromatic N) is 1. The summed E-state index contributed by atoms with van der Waals surface area (Å²) >= 11 is 0.991. The molecule has 0 saturated heterocycles. The lowest BCUT2D eigenvalue weighted by Gasteiger charge is -2.05. The SMILES string of the molecule is COC(=O)c1c(-c2ccc(-c3ccccc3)cc2)oc2ccc(OC3=NS(=O)(=O)CS3)cc12. The van der Waals surface area contributed by atoms with Gasteiger partial charge >= 0.3 is 5.97 Å². The van der Waals surface area contributed by atoms with E-state index in [4.69, 9.17) is 13.9 Å². The molecule has 0 atom stereocenters. The first-order chi connectivity index (χ1) is 15.9. The zero-order valence-electron chi connectivity index (χ0n) is 17.3. The van der Waals surface area contributed by atoms with Crippen LogP contribution in [-0.4, -0.2) is 31.8 Å². The molecule has 0 unspecified atom stereocenters. The Balaban J connectivity index is 1.55. The number of rotatable bonds is 4. The molecule has 0 spiro atoms. The number of methoxy groups -OCH3 is 1. The molecule has 4 aromatic rings. The summed E-state index contributed by atoms with van der Waals surface area (Å²) in [5, 5.41) is 0.370. The van der Waals surface area contributed by atoms with E-state index in [9.17, 15) is 13.2 Å². The fourth-order valence-corrected chi connectivity index (χ4v) is 5.71. The molecule has 3 aromatic carbocycles. The third-order valence-electron chi connectivity index (χ3n) is 5.05. The lowest BCUT2D eigenvalue weighted by atomic mass is 10.0. The van der Waals surface area contributed by atoms with Crippen molar-refractivity contribution in [2.45, 2.75) is 0 Å². The standard InChI is InChI=1S/C24H17NO6S2/c1-29-23(26)21-19-13-18(30-24-25-33(27,28)14-32-24)11-12-20(19)31-22(21)17-9-7-16(8-10-17)15-5-3-2-4-6-15/h2-13H,14H2,1H3. The van der Waals surface area contributed by atoms with E-state index in [0.29, 0.717) is 22.5 Å². The van der Waals surface area contributed by atoms with Gasteiger partial charge in [-0.3, -0.25) is 0 Å². The Morgan fingerprint density at radius 3 is 2.33 bits per heavy atom. The van der Waals surface area contributed by atoms with Gasteiger partial charge in [-0.1, -0.05) is 54.6 Å². The van der Waals surface area contributed by atoms with Crippen molar-refractivity contribution in [1.82, 2.24) is 0 Å². The van der Waals surface area contributed by atoms with Crippen LogP contribution in [-0.2, 0) is 14.8 Å². The van der Waals surface area contributed by atoms with Crippen molar-refractivity contribution in [3.63, 3.8) is 0 Å². The smallest absolute Gasteiger partial charge is 0.342 e. The minimum absolute atomic E-state index is 0.0363. The number of benzene rings is 3. The molecule has 7 nitrogen and oxygen atoms in total. The van der Waals surface area contributed by atoms with Crippen LogP contribution < -0.4 is 4.74 Å². The number of carbonyl (C=O) groups is 1. The third kappa shape index (κ3) is 4.24. The average molecular weight is 480 g/mol. The molecular formula is C24H17NO6S2. The number of furan rings is 1. The zero-order valence-corrected chi connectivity index (χ0v) is 19.0. The Bertz CT molecular complexity index is 1490. The van der Waals surface area contributed by atoms with Crippen molar-refractivity contribution in [2.75, 3.05) is 12.2 Å². The lowest BCUT2D eigenvalue weighted by Crippen LogP contribution is -2.03. The van der Waals surface area contributed by atoms with Crippen molar-refractivity contribution in [1.29, 1.82) is 0 Å². The molecule has 0 amide bonds. The first-order valence-corrected chi connectivity index (χ1v) is 12.5. The quantitative estimate of drug-likeness (QED) is 0.366. The number of hydrogen-bond donors (Lipinski definition) is 0. The summed E-state index contributed by atoms with van der Waals surface area (Å²) < 4.78 is 43.3.